The van der Waals surface area contributed by atoms with Crippen LogP contribution in [0.4, 0.5) is 21.8 Å². The number of aromatic nitrogens is 3. The smallest absolute Gasteiger partial charge is 0.246 e. The number of rotatable bonds is 12. The zero-order chi connectivity index (χ0) is 29.3. The molecule has 0 aliphatic heterocycles. The molecule has 0 spiro atoms. The van der Waals surface area contributed by atoms with Gasteiger partial charge in [0.25, 0.3) is 0 Å². The summed E-state index contributed by atoms with van der Waals surface area (Å²) < 4.78 is 13.4. The summed E-state index contributed by atoms with van der Waals surface area (Å²) in [5, 5.41) is 9.30. The highest BCUT2D eigenvalue weighted by Crippen LogP contribution is 2.27. The van der Waals surface area contributed by atoms with Crippen LogP contribution >= 0.6 is 0 Å². The maximum atomic E-state index is 13.4. The molecule has 1 saturated carbocycles. The van der Waals surface area contributed by atoms with Gasteiger partial charge < -0.3 is 25.8 Å². The van der Waals surface area contributed by atoms with Gasteiger partial charge in [0.1, 0.15) is 11.9 Å². The molecule has 3 N–H and O–H groups in total. The fourth-order valence-corrected chi connectivity index (χ4v) is 3.47. The zero-order valence-electron chi connectivity index (χ0n) is 24.1. The summed E-state index contributed by atoms with van der Waals surface area (Å²) in [6.07, 6.45) is 9.00. The van der Waals surface area contributed by atoms with Gasteiger partial charge in [-0.3, -0.25) is 9.59 Å². The zero-order valence-corrected chi connectivity index (χ0v) is 24.1. The van der Waals surface area contributed by atoms with Crippen molar-refractivity contribution in [3.8, 4) is 11.8 Å². The van der Waals surface area contributed by atoms with Crippen LogP contribution in [0.5, 0.6) is 0 Å². The SMILES string of the molecule is C[C@@H](C(=O)NCCC(C)(C)C#Cc1cnc(Nc2ccnc(F)c2)nc1NC1CC1)N(C)C(=O)/C=C/CN(C)C. The summed E-state index contributed by atoms with van der Waals surface area (Å²) >= 11 is 0. The molecule has 1 atom stereocenters. The van der Waals surface area contributed by atoms with E-state index in [4.69, 9.17) is 0 Å². The predicted octanol–water partition coefficient (Wildman–Crippen LogP) is 3.18. The van der Waals surface area contributed by atoms with Crippen LogP contribution in [0.1, 0.15) is 45.6 Å². The second-order valence-corrected chi connectivity index (χ2v) is 10.8. The van der Waals surface area contributed by atoms with Crippen molar-refractivity contribution in [3.05, 3.63) is 48.2 Å². The summed E-state index contributed by atoms with van der Waals surface area (Å²) in [6, 6.07) is 2.65. The van der Waals surface area contributed by atoms with Gasteiger partial charge in [-0.05, 0) is 60.2 Å². The lowest BCUT2D eigenvalue weighted by Gasteiger charge is -2.24. The lowest BCUT2D eigenvalue weighted by molar-refractivity contribution is -0.135. The predicted molar refractivity (Wildman–Crippen MR) is 154 cm³/mol. The molecule has 3 rings (SSSR count). The first-order valence-electron chi connectivity index (χ1n) is 13.3. The lowest BCUT2D eigenvalue weighted by Crippen LogP contribution is -2.46. The average molecular weight is 551 g/mol. The molecule has 0 saturated heterocycles. The third kappa shape index (κ3) is 9.93. The van der Waals surface area contributed by atoms with Gasteiger partial charge in [-0.25, -0.2) is 9.97 Å². The standard InChI is InChI=1S/C29H39FN8O2/c1-20(38(6)25(39)8-7-17-37(4)5)27(40)32-16-14-29(2,3)13-11-21-19-33-28(36-26(21)34-22-9-10-22)35-23-12-15-31-24(30)18-23/h7-8,12,15,18-20,22H,9-10,14,16-17H2,1-6H3,(H,32,40)(H2,31,33,34,35,36)/b8-7+/t20-/m0/s1. The Morgan fingerprint density at radius 1 is 1.25 bits per heavy atom. The minimum atomic E-state index is -0.602. The molecule has 2 aromatic rings. The Hall–Kier alpha value is -4.04. The van der Waals surface area contributed by atoms with E-state index >= 15 is 0 Å². The lowest BCUT2D eigenvalue weighted by atomic mass is 9.90. The molecule has 2 aromatic heterocycles. The van der Waals surface area contributed by atoms with Crippen LogP contribution in [-0.4, -0.2) is 82.9 Å². The third-order valence-corrected chi connectivity index (χ3v) is 6.31. The fraction of sp³-hybridized carbons (Fsp3) is 0.483. The molecular formula is C29H39FN8O2. The number of amides is 2. The summed E-state index contributed by atoms with van der Waals surface area (Å²) in [6.45, 7) is 6.77. The quantitative estimate of drug-likeness (QED) is 0.210. The van der Waals surface area contributed by atoms with Crippen molar-refractivity contribution in [3.63, 3.8) is 0 Å². The Morgan fingerprint density at radius 2 is 2.00 bits per heavy atom. The van der Waals surface area contributed by atoms with Crippen LogP contribution in [0.2, 0.25) is 0 Å². The number of hydrogen-bond acceptors (Lipinski definition) is 8. The van der Waals surface area contributed by atoms with E-state index < -0.39 is 17.4 Å². The van der Waals surface area contributed by atoms with E-state index in [-0.39, 0.29) is 11.8 Å². The molecule has 1 aliphatic rings. The molecule has 214 valence electrons. The Labute approximate surface area is 235 Å². The first kappa shape index (κ1) is 30.5. The molecule has 40 heavy (non-hydrogen) atoms. The molecule has 0 radical (unpaired) electrons. The Kier molecular flexibility index (Phi) is 10.6. The Bertz CT molecular complexity index is 1280. The molecule has 0 aromatic carbocycles. The number of pyridine rings is 1. The Morgan fingerprint density at radius 3 is 2.67 bits per heavy atom. The number of carbonyl (C=O) groups is 2. The van der Waals surface area contributed by atoms with Crippen molar-refractivity contribution in [2.45, 2.75) is 52.1 Å². The van der Waals surface area contributed by atoms with E-state index in [1.54, 1.807) is 32.3 Å². The maximum absolute atomic E-state index is 13.4. The number of hydrogen-bond donors (Lipinski definition) is 3. The molecule has 2 amide bonds. The summed E-state index contributed by atoms with van der Waals surface area (Å²) in [4.78, 5) is 40.8. The minimum Gasteiger partial charge on any atom is -0.366 e. The first-order valence-corrected chi connectivity index (χ1v) is 13.3. The van der Waals surface area contributed by atoms with E-state index in [2.05, 4.69) is 42.7 Å². The van der Waals surface area contributed by atoms with Crippen LogP contribution in [0, 0.1) is 23.2 Å². The Balaban J connectivity index is 1.58. The highest BCUT2D eigenvalue weighted by Gasteiger charge is 2.24. The molecule has 0 bridgehead atoms. The summed E-state index contributed by atoms with van der Waals surface area (Å²) in [7, 11) is 5.45. The van der Waals surface area contributed by atoms with Crippen LogP contribution < -0.4 is 16.0 Å². The van der Waals surface area contributed by atoms with Gasteiger partial charge >= 0.3 is 0 Å². The number of nitrogens with zero attached hydrogens (tertiary/aromatic N) is 5. The molecule has 2 heterocycles. The van der Waals surface area contributed by atoms with Crippen LogP contribution in [-0.2, 0) is 9.59 Å². The summed E-state index contributed by atoms with van der Waals surface area (Å²) in [5.41, 5.74) is 0.749. The number of halogens is 1. The maximum Gasteiger partial charge on any atom is 0.246 e. The van der Waals surface area contributed by atoms with E-state index in [1.807, 2.05) is 32.8 Å². The van der Waals surface area contributed by atoms with E-state index in [0.29, 0.717) is 48.6 Å². The number of nitrogens with one attached hydrogen (secondary N) is 3. The topological polar surface area (TPSA) is 115 Å². The highest BCUT2D eigenvalue weighted by atomic mass is 19.1. The molecule has 1 fully saturated rings. The normalized spacial score (nSPS) is 13.9. The van der Waals surface area contributed by atoms with Crippen molar-refractivity contribution >= 4 is 29.3 Å². The monoisotopic (exact) mass is 550 g/mol. The van der Waals surface area contributed by atoms with Gasteiger partial charge in [-0.15, -0.1) is 0 Å². The third-order valence-electron chi connectivity index (χ3n) is 6.31. The molecule has 10 nitrogen and oxygen atoms in total. The van der Waals surface area contributed by atoms with Gasteiger partial charge in [0, 0.05) is 55.6 Å². The van der Waals surface area contributed by atoms with Crippen molar-refractivity contribution in [2.75, 3.05) is 44.9 Å². The van der Waals surface area contributed by atoms with Gasteiger partial charge in [-0.1, -0.05) is 17.9 Å². The second kappa shape index (κ2) is 13.8. The number of likely N-dealkylation sites (N-methyl/N-ethyl adjacent to an activating group) is 2. The van der Waals surface area contributed by atoms with E-state index in [0.717, 1.165) is 12.8 Å². The first-order chi connectivity index (χ1) is 18.9. The largest absolute Gasteiger partial charge is 0.366 e. The average Bonchev–Trinajstić information content (AvgIpc) is 3.71. The van der Waals surface area contributed by atoms with Crippen LogP contribution in [0.3, 0.4) is 0 Å². The molecule has 0 unspecified atom stereocenters. The van der Waals surface area contributed by atoms with Crippen molar-refractivity contribution in [2.24, 2.45) is 5.41 Å². The van der Waals surface area contributed by atoms with Gasteiger partial charge in [0.15, 0.2) is 0 Å². The van der Waals surface area contributed by atoms with Gasteiger partial charge in [0.2, 0.25) is 23.7 Å². The molecule has 1 aliphatic carbocycles. The van der Waals surface area contributed by atoms with Crippen LogP contribution in [0.15, 0.2) is 36.7 Å². The molecular weight excluding hydrogens is 511 g/mol. The summed E-state index contributed by atoms with van der Waals surface area (Å²) in [5.74, 6) is 6.39. The number of anilines is 3. The van der Waals surface area contributed by atoms with Crippen molar-refractivity contribution in [1.82, 2.24) is 30.1 Å². The van der Waals surface area contributed by atoms with Gasteiger partial charge in [0.05, 0.1) is 11.8 Å². The minimum absolute atomic E-state index is 0.220. The fourth-order valence-electron chi connectivity index (χ4n) is 3.47. The van der Waals surface area contributed by atoms with Crippen molar-refractivity contribution < 1.29 is 14.0 Å². The second-order valence-electron chi connectivity index (χ2n) is 10.8. The van der Waals surface area contributed by atoms with Gasteiger partial charge in [-0.2, -0.15) is 9.37 Å². The van der Waals surface area contributed by atoms with E-state index in [9.17, 15) is 14.0 Å². The highest BCUT2D eigenvalue weighted by molar-refractivity contribution is 5.92. The van der Waals surface area contributed by atoms with E-state index in [1.165, 1.54) is 23.2 Å². The number of carbonyl (C=O) groups excluding carboxylic acids is 2. The van der Waals surface area contributed by atoms with Crippen molar-refractivity contribution in [1.29, 1.82) is 0 Å². The molecule has 11 heteroatoms. The van der Waals surface area contributed by atoms with Crippen LogP contribution in [0.25, 0.3) is 0 Å².